The summed E-state index contributed by atoms with van der Waals surface area (Å²) >= 11 is 0. The minimum absolute atomic E-state index is 0.0616. The number of benzene rings is 2. The number of anilines is 1. The highest BCUT2D eigenvalue weighted by Gasteiger charge is 2.28. The minimum Gasteiger partial charge on any atom is -0.484 e. The van der Waals surface area contributed by atoms with Gasteiger partial charge >= 0.3 is 11.9 Å². The fourth-order valence-corrected chi connectivity index (χ4v) is 5.07. The Labute approximate surface area is 204 Å². The van der Waals surface area contributed by atoms with E-state index >= 15 is 0 Å². The third-order valence-electron chi connectivity index (χ3n) is 5.63. The molecule has 2 aromatic rings. The molecule has 0 atom stereocenters. The smallest absolute Gasteiger partial charge is 0.337 e. The Morgan fingerprint density at radius 3 is 2.00 bits per heavy atom. The van der Waals surface area contributed by atoms with E-state index in [1.165, 1.54) is 61.0 Å². The lowest BCUT2D eigenvalue weighted by Crippen LogP contribution is -2.37. The molecule has 1 heterocycles. The second kappa shape index (κ2) is 11.3. The van der Waals surface area contributed by atoms with E-state index in [2.05, 4.69) is 21.7 Å². The maximum Gasteiger partial charge on any atom is 0.337 e. The molecule has 0 spiro atoms. The Morgan fingerprint density at radius 2 is 1.49 bits per heavy atom. The fraction of sp³-hybridized carbons (Fsp3) is 0.375. The van der Waals surface area contributed by atoms with Gasteiger partial charge in [-0.1, -0.05) is 6.92 Å². The number of hydrogen-bond acceptors (Lipinski definition) is 8. The summed E-state index contributed by atoms with van der Waals surface area (Å²) in [6.07, 6.45) is 1.67. The molecule has 1 amide bonds. The Bertz CT molecular complexity index is 1150. The molecule has 10 nitrogen and oxygen atoms in total. The first-order valence-corrected chi connectivity index (χ1v) is 12.4. The van der Waals surface area contributed by atoms with Gasteiger partial charge in [-0.15, -0.1) is 0 Å². The third-order valence-corrected chi connectivity index (χ3v) is 7.55. The predicted octanol–water partition coefficient (Wildman–Crippen LogP) is 2.70. The van der Waals surface area contributed by atoms with Crippen LogP contribution in [-0.4, -0.2) is 64.5 Å². The van der Waals surface area contributed by atoms with Crippen LogP contribution in [0, 0.1) is 5.92 Å². The molecule has 0 aromatic heterocycles. The van der Waals surface area contributed by atoms with E-state index in [4.69, 9.17) is 4.74 Å². The van der Waals surface area contributed by atoms with Gasteiger partial charge < -0.3 is 19.5 Å². The fourth-order valence-electron chi connectivity index (χ4n) is 3.60. The number of rotatable bonds is 8. The molecule has 1 aliphatic heterocycles. The van der Waals surface area contributed by atoms with Crippen LogP contribution in [0.25, 0.3) is 0 Å². The van der Waals surface area contributed by atoms with E-state index in [0.717, 1.165) is 12.8 Å². The number of carbonyl (C=O) groups excluding carboxylic acids is 3. The number of ether oxygens (including phenoxy) is 3. The van der Waals surface area contributed by atoms with E-state index in [9.17, 15) is 22.8 Å². The number of hydrogen-bond donors (Lipinski definition) is 1. The molecule has 0 bridgehead atoms. The topological polar surface area (TPSA) is 128 Å². The zero-order valence-corrected chi connectivity index (χ0v) is 20.6. The van der Waals surface area contributed by atoms with Gasteiger partial charge in [0.25, 0.3) is 5.91 Å². The van der Waals surface area contributed by atoms with E-state index < -0.39 is 27.9 Å². The average molecular weight is 505 g/mol. The molecule has 35 heavy (non-hydrogen) atoms. The molecule has 0 saturated carbocycles. The van der Waals surface area contributed by atoms with Crippen LogP contribution in [0.2, 0.25) is 0 Å². The van der Waals surface area contributed by atoms with Crippen LogP contribution in [0.3, 0.4) is 0 Å². The molecule has 0 radical (unpaired) electrons. The molecule has 11 heteroatoms. The second-order valence-electron chi connectivity index (χ2n) is 8.18. The molecule has 3 rings (SSSR count). The van der Waals surface area contributed by atoms with Gasteiger partial charge in [-0.3, -0.25) is 4.79 Å². The van der Waals surface area contributed by atoms with Gasteiger partial charge in [0, 0.05) is 18.8 Å². The molecule has 1 fully saturated rings. The van der Waals surface area contributed by atoms with Crippen molar-refractivity contribution in [1.29, 1.82) is 0 Å². The molecule has 0 unspecified atom stereocenters. The normalized spacial score (nSPS) is 14.7. The molecule has 0 aliphatic carbocycles. The molecular formula is C24H28N2O8S. The van der Waals surface area contributed by atoms with E-state index in [1.54, 1.807) is 0 Å². The lowest BCUT2D eigenvalue weighted by Gasteiger charge is -2.29. The van der Waals surface area contributed by atoms with Crippen LogP contribution in [0.15, 0.2) is 47.4 Å². The summed E-state index contributed by atoms with van der Waals surface area (Å²) in [6.45, 7) is 2.72. The number of esters is 2. The number of nitrogens with zero attached hydrogens (tertiary/aromatic N) is 1. The average Bonchev–Trinajstić information content (AvgIpc) is 2.86. The van der Waals surface area contributed by atoms with Crippen LogP contribution in [0.4, 0.5) is 5.69 Å². The van der Waals surface area contributed by atoms with Crippen LogP contribution in [-0.2, 0) is 24.3 Å². The summed E-state index contributed by atoms with van der Waals surface area (Å²) in [6, 6.07) is 9.88. The number of nitrogens with one attached hydrogen (secondary N) is 1. The molecule has 1 saturated heterocycles. The van der Waals surface area contributed by atoms with Gasteiger partial charge in [-0.25, -0.2) is 18.0 Å². The van der Waals surface area contributed by atoms with Crippen molar-refractivity contribution in [2.45, 2.75) is 24.7 Å². The zero-order chi connectivity index (χ0) is 25.6. The number of methoxy groups -OCH3 is 2. The first-order valence-electron chi connectivity index (χ1n) is 11.0. The quantitative estimate of drug-likeness (QED) is 0.544. The summed E-state index contributed by atoms with van der Waals surface area (Å²) in [5.41, 5.74) is 0.303. The molecule has 188 valence electrons. The number of piperidine rings is 1. The van der Waals surface area contributed by atoms with Crippen LogP contribution >= 0.6 is 0 Å². The van der Waals surface area contributed by atoms with Crippen molar-refractivity contribution >= 4 is 33.6 Å². The first kappa shape index (κ1) is 26.2. The number of amides is 1. The summed E-state index contributed by atoms with van der Waals surface area (Å²) < 4.78 is 41.9. The Hall–Kier alpha value is -3.44. The summed E-state index contributed by atoms with van der Waals surface area (Å²) in [5.74, 6) is -1.10. The maximum atomic E-state index is 12.8. The van der Waals surface area contributed by atoms with Crippen molar-refractivity contribution in [2.24, 2.45) is 5.92 Å². The largest absolute Gasteiger partial charge is 0.484 e. The van der Waals surface area contributed by atoms with Gasteiger partial charge in [0.05, 0.1) is 30.2 Å². The predicted molar refractivity (Wildman–Crippen MR) is 127 cm³/mol. The SMILES string of the molecule is COC(=O)c1cc(NC(=O)COc2ccc(S(=O)(=O)N3CCC(C)CC3)cc2)cc(C(=O)OC)c1. The standard InChI is InChI=1S/C24H28N2O8S/c1-16-8-10-26(11-9-16)35(30,31)21-6-4-20(5-7-21)34-15-22(27)25-19-13-17(23(28)32-2)12-18(14-19)24(29)33-3/h4-7,12-14,16H,8-11,15H2,1-3H3,(H,25,27). The maximum absolute atomic E-state index is 12.8. The molecule has 2 aromatic carbocycles. The number of carbonyl (C=O) groups is 3. The third kappa shape index (κ3) is 6.58. The Morgan fingerprint density at radius 1 is 0.943 bits per heavy atom. The highest BCUT2D eigenvalue weighted by atomic mass is 32.2. The van der Waals surface area contributed by atoms with Gasteiger partial charge in [-0.2, -0.15) is 4.31 Å². The van der Waals surface area contributed by atoms with Gasteiger partial charge in [0.15, 0.2) is 6.61 Å². The van der Waals surface area contributed by atoms with Gasteiger partial charge in [0.2, 0.25) is 10.0 Å². The van der Waals surface area contributed by atoms with Crippen molar-refractivity contribution in [2.75, 3.05) is 39.2 Å². The van der Waals surface area contributed by atoms with Gasteiger partial charge in [0.1, 0.15) is 5.75 Å². The molecular weight excluding hydrogens is 476 g/mol. The molecule has 1 aliphatic rings. The van der Waals surface area contributed by atoms with Crippen molar-refractivity contribution in [3.63, 3.8) is 0 Å². The summed E-state index contributed by atoms with van der Waals surface area (Å²) in [7, 11) is -1.18. The van der Waals surface area contributed by atoms with Crippen molar-refractivity contribution < 1.29 is 37.0 Å². The van der Waals surface area contributed by atoms with Crippen molar-refractivity contribution in [3.8, 4) is 5.75 Å². The molecule has 1 N–H and O–H groups in total. The van der Waals surface area contributed by atoms with Crippen LogP contribution in [0.1, 0.15) is 40.5 Å². The lowest BCUT2D eigenvalue weighted by molar-refractivity contribution is -0.118. The van der Waals surface area contributed by atoms with Crippen molar-refractivity contribution in [3.05, 3.63) is 53.6 Å². The van der Waals surface area contributed by atoms with Crippen LogP contribution < -0.4 is 10.1 Å². The Balaban J connectivity index is 1.63. The highest BCUT2D eigenvalue weighted by Crippen LogP contribution is 2.25. The van der Waals surface area contributed by atoms with Crippen LogP contribution in [0.5, 0.6) is 5.75 Å². The highest BCUT2D eigenvalue weighted by molar-refractivity contribution is 7.89. The monoisotopic (exact) mass is 504 g/mol. The minimum atomic E-state index is -3.58. The first-order chi connectivity index (χ1) is 16.6. The van der Waals surface area contributed by atoms with E-state index in [0.29, 0.717) is 24.8 Å². The second-order valence-corrected chi connectivity index (χ2v) is 10.1. The van der Waals surface area contributed by atoms with E-state index in [-0.39, 0.29) is 28.3 Å². The van der Waals surface area contributed by atoms with Gasteiger partial charge in [-0.05, 0) is 61.2 Å². The lowest BCUT2D eigenvalue weighted by atomic mass is 10.0. The van der Waals surface area contributed by atoms with Crippen molar-refractivity contribution in [1.82, 2.24) is 4.31 Å². The van der Waals surface area contributed by atoms with E-state index in [1.807, 2.05) is 0 Å². The summed E-state index contributed by atoms with van der Waals surface area (Å²) in [4.78, 5) is 36.3. The zero-order valence-electron chi connectivity index (χ0n) is 19.8. The number of sulfonamides is 1. The Kier molecular flexibility index (Phi) is 8.47. The summed E-state index contributed by atoms with van der Waals surface area (Å²) in [5, 5.41) is 2.55.